The fourth-order valence-electron chi connectivity index (χ4n) is 2.90. The molecule has 3 rings (SSSR count). The molecule has 29 heavy (non-hydrogen) atoms. The summed E-state index contributed by atoms with van der Waals surface area (Å²) in [5.41, 5.74) is 1.75. The van der Waals surface area contributed by atoms with Crippen molar-refractivity contribution in [2.75, 3.05) is 24.3 Å². The van der Waals surface area contributed by atoms with E-state index in [4.69, 9.17) is 4.74 Å². The molecule has 3 aromatic rings. The van der Waals surface area contributed by atoms with Crippen LogP contribution < -0.4 is 15.4 Å². The van der Waals surface area contributed by atoms with Crippen LogP contribution >= 0.6 is 0 Å². The maximum absolute atomic E-state index is 12.9. The molecule has 0 aliphatic rings. The van der Waals surface area contributed by atoms with Gasteiger partial charge in [0.1, 0.15) is 17.3 Å². The quantitative estimate of drug-likeness (QED) is 0.503. The minimum atomic E-state index is -0.314. The number of carbonyl (C=O) groups excluding carboxylic acids is 1. The van der Waals surface area contributed by atoms with Gasteiger partial charge in [0.05, 0.1) is 12.8 Å². The first kappa shape index (κ1) is 20.3. The Kier molecular flexibility index (Phi) is 7.16. The second-order valence-electron chi connectivity index (χ2n) is 6.62. The SMILES string of the molecule is CCCCCNc1cc(C(=O)Nc2ccccc2OC)nc(-c2ccccc2)n1. The van der Waals surface area contributed by atoms with E-state index in [1.165, 1.54) is 0 Å². The van der Waals surface area contributed by atoms with Gasteiger partial charge in [-0.1, -0.05) is 62.2 Å². The highest BCUT2D eigenvalue weighted by Crippen LogP contribution is 2.24. The van der Waals surface area contributed by atoms with Gasteiger partial charge in [0.25, 0.3) is 5.91 Å². The van der Waals surface area contributed by atoms with Crippen LogP contribution in [0.5, 0.6) is 5.75 Å². The average Bonchev–Trinajstić information content (AvgIpc) is 2.77. The monoisotopic (exact) mass is 390 g/mol. The lowest BCUT2D eigenvalue weighted by atomic mass is 10.2. The van der Waals surface area contributed by atoms with Crippen LogP contribution in [0.3, 0.4) is 0 Å². The van der Waals surface area contributed by atoms with Gasteiger partial charge in [-0.2, -0.15) is 0 Å². The first-order valence-corrected chi connectivity index (χ1v) is 9.84. The summed E-state index contributed by atoms with van der Waals surface area (Å²) in [6.45, 7) is 2.96. The Labute approximate surface area is 171 Å². The Morgan fingerprint density at radius 1 is 1.00 bits per heavy atom. The fraction of sp³-hybridized carbons (Fsp3) is 0.261. The number of rotatable bonds is 9. The van der Waals surface area contributed by atoms with Gasteiger partial charge < -0.3 is 15.4 Å². The van der Waals surface area contributed by atoms with Crippen LogP contribution in [-0.2, 0) is 0 Å². The molecule has 0 saturated carbocycles. The molecule has 1 aromatic heterocycles. The molecule has 0 fully saturated rings. The van der Waals surface area contributed by atoms with E-state index in [2.05, 4.69) is 27.5 Å². The molecule has 6 heteroatoms. The molecule has 0 radical (unpaired) electrons. The Hall–Kier alpha value is -3.41. The number of para-hydroxylation sites is 2. The Morgan fingerprint density at radius 3 is 2.52 bits per heavy atom. The van der Waals surface area contributed by atoms with E-state index < -0.39 is 0 Å². The van der Waals surface area contributed by atoms with Crippen LogP contribution in [0.25, 0.3) is 11.4 Å². The lowest BCUT2D eigenvalue weighted by Gasteiger charge is -2.12. The van der Waals surface area contributed by atoms with Gasteiger partial charge in [-0.15, -0.1) is 0 Å². The molecule has 0 bridgehead atoms. The summed E-state index contributed by atoms with van der Waals surface area (Å²) in [5.74, 6) is 1.43. The molecule has 2 N–H and O–H groups in total. The maximum atomic E-state index is 12.9. The number of benzene rings is 2. The molecule has 0 spiro atoms. The smallest absolute Gasteiger partial charge is 0.274 e. The topological polar surface area (TPSA) is 76.1 Å². The normalized spacial score (nSPS) is 10.4. The van der Waals surface area contributed by atoms with Crippen molar-refractivity contribution in [3.63, 3.8) is 0 Å². The fourth-order valence-corrected chi connectivity index (χ4v) is 2.90. The van der Waals surface area contributed by atoms with Crippen LogP contribution in [0.4, 0.5) is 11.5 Å². The Morgan fingerprint density at radius 2 is 1.76 bits per heavy atom. The van der Waals surface area contributed by atoms with Crippen molar-refractivity contribution in [2.45, 2.75) is 26.2 Å². The lowest BCUT2D eigenvalue weighted by molar-refractivity contribution is 0.102. The van der Waals surface area contributed by atoms with Gasteiger partial charge in [0.2, 0.25) is 0 Å². The second-order valence-corrected chi connectivity index (χ2v) is 6.62. The highest BCUT2D eigenvalue weighted by molar-refractivity contribution is 6.04. The summed E-state index contributed by atoms with van der Waals surface area (Å²) < 4.78 is 5.32. The first-order chi connectivity index (χ1) is 14.2. The number of nitrogens with zero attached hydrogens (tertiary/aromatic N) is 2. The summed E-state index contributed by atoms with van der Waals surface area (Å²) >= 11 is 0. The van der Waals surface area contributed by atoms with Crippen LogP contribution in [0, 0.1) is 0 Å². The number of amides is 1. The van der Waals surface area contributed by atoms with E-state index in [1.807, 2.05) is 42.5 Å². The molecule has 2 aromatic carbocycles. The summed E-state index contributed by atoms with van der Waals surface area (Å²) in [4.78, 5) is 22.0. The number of anilines is 2. The number of hydrogen-bond acceptors (Lipinski definition) is 5. The van der Waals surface area contributed by atoms with Crippen molar-refractivity contribution in [3.05, 3.63) is 66.4 Å². The van der Waals surface area contributed by atoms with Crippen molar-refractivity contribution in [2.24, 2.45) is 0 Å². The van der Waals surface area contributed by atoms with E-state index in [-0.39, 0.29) is 5.91 Å². The second kappa shape index (κ2) is 10.2. The van der Waals surface area contributed by atoms with E-state index in [0.717, 1.165) is 31.4 Å². The molecule has 0 aliphatic carbocycles. The van der Waals surface area contributed by atoms with Crippen LogP contribution in [0.1, 0.15) is 36.7 Å². The van der Waals surface area contributed by atoms with Gasteiger partial charge >= 0.3 is 0 Å². The van der Waals surface area contributed by atoms with Gasteiger partial charge in [-0.05, 0) is 18.6 Å². The zero-order valence-corrected chi connectivity index (χ0v) is 16.8. The number of ether oxygens (including phenoxy) is 1. The van der Waals surface area contributed by atoms with E-state index in [1.54, 1.807) is 25.3 Å². The van der Waals surface area contributed by atoms with Crippen molar-refractivity contribution in [1.82, 2.24) is 9.97 Å². The van der Waals surface area contributed by atoms with Gasteiger partial charge in [0, 0.05) is 18.2 Å². The van der Waals surface area contributed by atoms with E-state index in [9.17, 15) is 4.79 Å². The summed E-state index contributed by atoms with van der Waals surface area (Å²) in [6, 6.07) is 18.6. The molecule has 150 valence electrons. The van der Waals surface area contributed by atoms with Crippen LogP contribution in [-0.4, -0.2) is 29.5 Å². The number of methoxy groups -OCH3 is 1. The molecule has 6 nitrogen and oxygen atoms in total. The molecule has 0 unspecified atom stereocenters. The maximum Gasteiger partial charge on any atom is 0.274 e. The van der Waals surface area contributed by atoms with Crippen molar-refractivity contribution < 1.29 is 9.53 Å². The Bertz CT molecular complexity index is 945. The minimum absolute atomic E-state index is 0.294. The van der Waals surface area contributed by atoms with Gasteiger partial charge in [0.15, 0.2) is 5.82 Å². The third-order valence-corrected chi connectivity index (χ3v) is 4.43. The summed E-state index contributed by atoms with van der Waals surface area (Å²) in [5, 5.41) is 6.19. The molecule has 0 saturated heterocycles. The highest BCUT2D eigenvalue weighted by atomic mass is 16.5. The summed E-state index contributed by atoms with van der Waals surface area (Å²) in [7, 11) is 1.57. The minimum Gasteiger partial charge on any atom is -0.495 e. The molecular weight excluding hydrogens is 364 g/mol. The number of hydrogen-bond donors (Lipinski definition) is 2. The van der Waals surface area contributed by atoms with Crippen molar-refractivity contribution in [1.29, 1.82) is 0 Å². The number of nitrogens with one attached hydrogen (secondary N) is 2. The molecule has 0 aliphatic heterocycles. The Balaban J connectivity index is 1.88. The molecule has 1 amide bonds. The average molecular weight is 390 g/mol. The van der Waals surface area contributed by atoms with E-state index >= 15 is 0 Å². The predicted octanol–water partition coefficient (Wildman–Crippen LogP) is 5.01. The third kappa shape index (κ3) is 5.54. The van der Waals surface area contributed by atoms with E-state index in [0.29, 0.717) is 28.8 Å². The third-order valence-electron chi connectivity index (χ3n) is 4.43. The zero-order valence-electron chi connectivity index (χ0n) is 16.8. The van der Waals surface area contributed by atoms with Gasteiger partial charge in [-0.25, -0.2) is 9.97 Å². The standard InChI is InChI=1S/C23H26N4O2/c1-3-4-10-15-24-21-16-19(25-22(27-21)17-11-6-5-7-12-17)23(28)26-18-13-8-9-14-20(18)29-2/h5-9,11-14,16H,3-4,10,15H2,1-2H3,(H,26,28)(H,24,25,27). The lowest BCUT2D eigenvalue weighted by Crippen LogP contribution is -2.16. The largest absolute Gasteiger partial charge is 0.495 e. The summed E-state index contributed by atoms with van der Waals surface area (Å²) in [6.07, 6.45) is 3.34. The van der Waals surface area contributed by atoms with Gasteiger partial charge in [-0.3, -0.25) is 4.79 Å². The van der Waals surface area contributed by atoms with Crippen LogP contribution in [0.15, 0.2) is 60.7 Å². The molecule has 1 heterocycles. The number of carbonyl (C=O) groups is 1. The van der Waals surface area contributed by atoms with Crippen LogP contribution in [0.2, 0.25) is 0 Å². The van der Waals surface area contributed by atoms with Crippen molar-refractivity contribution in [3.8, 4) is 17.1 Å². The molecule has 0 atom stereocenters. The first-order valence-electron chi connectivity index (χ1n) is 9.84. The number of aromatic nitrogens is 2. The molecular formula is C23H26N4O2. The van der Waals surface area contributed by atoms with Crippen molar-refractivity contribution >= 4 is 17.4 Å². The zero-order chi connectivity index (χ0) is 20.5. The highest BCUT2D eigenvalue weighted by Gasteiger charge is 2.15. The number of unbranched alkanes of at least 4 members (excludes halogenated alkanes) is 2. The predicted molar refractivity (Wildman–Crippen MR) is 116 cm³/mol.